The van der Waals surface area contributed by atoms with Crippen LogP contribution >= 0.6 is 0 Å². The molecule has 3 N–H and O–H groups in total. The van der Waals surface area contributed by atoms with Crippen LogP contribution in [0.1, 0.15) is 30.6 Å². The van der Waals surface area contributed by atoms with Crippen molar-refractivity contribution in [3.63, 3.8) is 0 Å². The van der Waals surface area contributed by atoms with Gasteiger partial charge < -0.3 is 15.5 Å². The Morgan fingerprint density at radius 2 is 1.75 bits per heavy atom. The average Bonchev–Trinajstić information content (AvgIpc) is 2.33. The second-order valence-corrected chi connectivity index (χ2v) is 4.78. The van der Waals surface area contributed by atoms with Crippen molar-refractivity contribution in [3.05, 3.63) is 29.3 Å². The zero-order valence-electron chi connectivity index (χ0n) is 11.0. The average molecular weight is 287 g/mol. The molecule has 1 amide bonds. The maximum absolute atomic E-state index is 13.1. The Hall–Kier alpha value is -2.18. The molecule has 0 saturated heterocycles. The molecule has 1 atom stereocenters. The van der Waals surface area contributed by atoms with E-state index in [-0.39, 0.29) is 12.3 Å². The number of amides is 1. The number of carbonyl (C=O) groups is 2. The summed E-state index contributed by atoms with van der Waals surface area (Å²) in [7, 11) is 0. The number of rotatable bonds is 5. The summed E-state index contributed by atoms with van der Waals surface area (Å²) in [4.78, 5) is 22.8. The van der Waals surface area contributed by atoms with Crippen LogP contribution in [0.2, 0.25) is 0 Å². The lowest BCUT2D eigenvalue weighted by molar-refractivity contribution is -0.139. The van der Waals surface area contributed by atoms with Gasteiger partial charge in [-0.25, -0.2) is 13.6 Å². The monoisotopic (exact) mass is 287 g/mol. The molecule has 0 aliphatic heterocycles. The van der Waals surface area contributed by atoms with E-state index in [0.29, 0.717) is 12.1 Å². The van der Waals surface area contributed by atoms with Crippen molar-refractivity contribution in [1.29, 1.82) is 0 Å². The molecule has 110 valence electrons. The van der Waals surface area contributed by atoms with Crippen LogP contribution in [-0.2, 0) is 4.79 Å². The topological polar surface area (TPSA) is 86.6 Å². The molecule has 0 saturated carbocycles. The highest BCUT2D eigenvalue weighted by molar-refractivity contribution is 5.96. The Morgan fingerprint density at radius 3 is 2.15 bits per heavy atom. The third-order valence-electron chi connectivity index (χ3n) is 2.59. The van der Waals surface area contributed by atoms with Crippen molar-refractivity contribution in [3.8, 4) is 5.75 Å². The molecule has 1 aromatic carbocycles. The third kappa shape index (κ3) is 3.91. The van der Waals surface area contributed by atoms with E-state index < -0.39 is 40.9 Å². The maximum atomic E-state index is 13.1. The predicted molar refractivity (Wildman–Crippen MR) is 66.4 cm³/mol. The van der Waals surface area contributed by atoms with Crippen LogP contribution in [0, 0.1) is 17.6 Å². The van der Waals surface area contributed by atoms with Gasteiger partial charge in [0.2, 0.25) is 0 Å². The van der Waals surface area contributed by atoms with Gasteiger partial charge in [0, 0.05) is 5.56 Å². The first-order chi connectivity index (χ1) is 9.22. The molecule has 7 heteroatoms. The zero-order valence-corrected chi connectivity index (χ0v) is 11.0. The number of carboxylic acids is 1. The van der Waals surface area contributed by atoms with Crippen molar-refractivity contribution in [2.45, 2.75) is 26.3 Å². The lowest BCUT2D eigenvalue weighted by Crippen LogP contribution is -2.41. The maximum Gasteiger partial charge on any atom is 0.326 e. The van der Waals surface area contributed by atoms with Gasteiger partial charge >= 0.3 is 5.97 Å². The molecular weight excluding hydrogens is 272 g/mol. The van der Waals surface area contributed by atoms with Crippen molar-refractivity contribution < 1.29 is 28.6 Å². The summed E-state index contributed by atoms with van der Waals surface area (Å²) >= 11 is 0. The van der Waals surface area contributed by atoms with Gasteiger partial charge in [-0.1, -0.05) is 13.8 Å². The van der Waals surface area contributed by atoms with Gasteiger partial charge in [-0.05, 0) is 24.5 Å². The van der Waals surface area contributed by atoms with Gasteiger partial charge in [-0.15, -0.1) is 0 Å². The van der Waals surface area contributed by atoms with Gasteiger partial charge in [0.25, 0.3) is 5.91 Å². The van der Waals surface area contributed by atoms with Gasteiger partial charge in [-0.3, -0.25) is 4.79 Å². The quantitative estimate of drug-likeness (QED) is 0.772. The number of aromatic hydroxyl groups is 1. The highest BCUT2D eigenvalue weighted by Crippen LogP contribution is 2.21. The number of carboxylic acid groups (broad SMARTS) is 1. The van der Waals surface area contributed by atoms with Gasteiger partial charge in [0.1, 0.15) is 6.04 Å². The van der Waals surface area contributed by atoms with Crippen LogP contribution in [0.15, 0.2) is 12.1 Å². The van der Waals surface area contributed by atoms with Crippen molar-refractivity contribution >= 4 is 11.9 Å². The van der Waals surface area contributed by atoms with E-state index in [9.17, 15) is 18.4 Å². The van der Waals surface area contributed by atoms with E-state index in [0.717, 1.165) is 0 Å². The standard InChI is InChI=1S/C13H15F2NO4/c1-6(2)3-10(13(19)20)16-12(18)7-4-8(14)11(17)9(15)5-7/h4-6,10,17H,3H2,1-2H3,(H,16,18)(H,19,20)/t10-/m0/s1. The Bertz CT molecular complexity index is 508. The molecule has 0 fully saturated rings. The molecule has 5 nitrogen and oxygen atoms in total. The lowest BCUT2D eigenvalue weighted by atomic mass is 10.0. The van der Waals surface area contributed by atoms with E-state index >= 15 is 0 Å². The Kier molecular flexibility index (Phi) is 5.01. The highest BCUT2D eigenvalue weighted by atomic mass is 19.1. The second kappa shape index (κ2) is 6.31. The number of halogens is 2. The summed E-state index contributed by atoms with van der Waals surface area (Å²) in [5.74, 6) is -5.89. The number of carbonyl (C=O) groups excluding carboxylic acids is 1. The number of hydrogen-bond acceptors (Lipinski definition) is 3. The molecule has 1 rings (SSSR count). The highest BCUT2D eigenvalue weighted by Gasteiger charge is 2.23. The summed E-state index contributed by atoms with van der Waals surface area (Å²) < 4.78 is 26.2. The molecule has 0 radical (unpaired) electrons. The van der Waals surface area contributed by atoms with E-state index in [1.807, 2.05) is 0 Å². The fourth-order valence-corrected chi connectivity index (χ4v) is 1.63. The first-order valence-electron chi connectivity index (χ1n) is 5.94. The number of aliphatic carboxylic acids is 1. The number of hydrogen-bond donors (Lipinski definition) is 3. The third-order valence-corrected chi connectivity index (χ3v) is 2.59. The number of nitrogens with one attached hydrogen (secondary N) is 1. The fraction of sp³-hybridized carbons (Fsp3) is 0.385. The zero-order chi connectivity index (χ0) is 15.4. The second-order valence-electron chi connectivity index (χ2n) is 4.78. The van der Waals surface area contributed by atoms with Crippen LogP contribution in [0.4, 0.5) is 8.78 Å². The summed E-state index contributed by atoms with van der Waals surface area (Å²) in [5, 5.41) is 20.1. The van der Waals surface area contributed by atoms with Crippen molar-refractivity contribution in [2.75, 3.05) is 0 Å². The Balaban J connectivity index is 2.92. The number of phenolic OH excluding ortho intramolecular Hbond substituents is 1. The molecule has 20 heavy (non-hydrogen) atoms. The molecule has 1 aromatic rings. The van der Waals surface area contributed by atoms with Crippen molar-refractivity contribution in [1.82, 2.24) is 5.32 Å². The molecule has 0 aromatic heterocycles. The van der Waals surface area contributed by atoms with Crippen LogP contribution in [0.5, 0.6) is 5.75 Å². The first-order valence-corrected chi connectivity index (χ1v) is 5.94. The number of benzene rings is 1. The van der Waals surface area contributed by atoms with Crippen LogP contribution in [-0.4, -0.2) is 28.1 Å². The van der Waals surface area contributed by atoms with Gasteiger partial charge in [0.05, 0.1) is 0 Å². The molecule has 0 heterocycles. The smallest absolute Gasteiger partial charge is 0.326 e. The summed E-state index contributed by atoms with van der Waals surface area (Å²) in [5.41, 5.74) is -0.396. The van der Waals surface area contributed by atoms with Gasteiger partial charge in [-0.2, -0.15) is 0 Å². The van der Waals surface area contributed by atoms with E-state index in [1.54, 1.807) is 13.8 Å². The predicted octanol–water partition coefficient (Wildman–Crippen LogP) is 1.90. The summed E-state index contributed by atoms with van der Waals surface area (Å²) in [6.07, 6.45) is 0.185. The molecular formula is C13H15F2NO4. The summed E-state index contributed by atoms with van der Waals surface area (Å²) in [6.45, 7) is 3.56. The lowest BCUT2D eigenvalue weighted by Gasteiger charge is -2.16. The van der Waals surface area contributed by atoms with E-state index in [1.165, 1.54) is 0 Å². The SMILES string of the molecule is CC(C)C[C@H](NC(=O)c1cc(F)c(O)c(F)c1)C(=O)O. The Labute approximate surface area is 114 Å². The first kappa shape index (κ1) is 15.9. The minimum Gasteiger partial charge on any atom is -0.503 e. The van der Waals surface area contributed by atoms with Crippen LogP contribution in [0.3, 0.4) is 0 Å². The van der Waals surface area contributed by atoms with Gasteiger partial charge in [0.15, 0.2) is 17.4 Å². The molecule has 0 bridgehead atoms. The molecule has 0 unspecified atom stereocenters. The molecule has 0 spiro atoms. The van der Waals surface area contributed by atoms with E-state index in [4.69, 9.17) is 10.2 Å². The fourth-order valence-electron chi connectivity index (χ4n) is 1.63. The minimum atomic E-state index is -1.29. The molecule has 0 aliphatic carbocycles. The Morgan fingerprint density at radius 1 is 1.25 bits per heavy atom. The minimum absolute atomic E-state index is 0.0182. The van der Waals surface area contributed by atoms with Crippen LogP contribution in [0.25, 0.3) is 0 Å². The number of phenols is 1. The van der Waals surface area contributed by atoms with E-state index in [2.05, 4.69) is 5.32 Å². The summed E-state index contributed by atoms with van der Waals surface area (Å²) in [6, 6.07) is 0.131. The van der Waals surface area contributed by atoms with Crippen LogP contribution < -0.4 is 5.32 Å². The normalized spacial score (nSPS) is 12.2. The van der Waals surface area contributed by atoms with Crippen molar-refractivity contribution in [2.24, 2.45) is 5.92 Å². The molecule has 0 aliphatic rings. The largest absolute Gasteiger partial charge is 0.503 e.